The quantitative estimate of drug-likeness (QED) is 0.719. The molecular weight excluding hydrogens is 238 g/mol. The van der Waals surface area contributed by atoms with Crippen molar-refractivity contribution in [2.45, 2.75) is 45.6 Å². The molecule has 108 valence electrons. The molecule has 1 unspecified atom stereocenters. The Labute approximate surface area is 116 Å². The van der Waals surface area contributed by atoms with E-state index >= 15 is 0 Å². The molecule has 0 radical (unpaired) electrons. The van der Waals surface area contributed by atoms with Gasteiger partial charge in [0.1, 0.15) is 0 Å². The van der Waals surface area contributed by atoms with E-state index in [1.807, 2.05) is 29.9 Å². The zero-order chi connectivity index (χ0) is 14.1. The summed E-state index contributed by atoms with van der Waals surface area (Å²) in [5, 5.41) is 2.97. The minimum atomic E-state index is 0.138. The Hall–Kier alpha value is -1.29. The highest BCUT2D eigenvalue weighted by Gasteiger charge is 2.10. The average Bonchev–Trinajstić information content (AvgIpc) is 2.79. The third-order valence-electron chi connectivity index (χ3n) is 3.57. The van der Waals surface area contributed by atoms with Crippen LogP contribution in [0.15, 0.2) is 18.3 Å². The summed E-state index contributed by atoms with van der Waals surface area (Å²) in [4.78, 5) is 11.8. The predicted molar refractivity (Wildman–Crippen MR) is 78.6 cm³/mol. The summed E-state index contributed by atoms with van der Waals surface area (Å²) in [5.74, 6) is 0.732. The molecule has 1 amide bonds. The van der Waals surface area contributed by atoms with Gasteiger partial charge in [-0.25, -0.2) is 0 Å². The normalized spacial score (nSPS) is 12.4. The predicted octanol–water partition coefficient (Wildman–Crippen LogP) is 2.19. The van der Waals surface area contributed by atoms with E-state index in [1.165, 1.54) is 6.42 Å². The fourth-order valence-electron chi connectivity index (χ4n) is 2.37. The van der Waals surface area contributed by atoms with Gasteiger partial charge in [0, 0.05) is 25.4 Å². The first-order chi connectivity index (χ1) is 9.17. The summed E-state index contributed by atoms with van der Waals surface area (Å²) in [7, 11) is 1.99. The lowest BCUT2D eigenvalue weighted by atomic mass is 9.94. The Morgan fingerprint density at radius 2 is 2.21 bits per heavy atom. The molecule has 1 atom stereocenters. The molecule has 4 heteroatoms. The van der Waals surface area contributed by atoms with Crippen LogP contribution < -0.4 is 11.1 Å². The van der Waals surface area contributed by atoms with Crippen molar-refractivity contribution in [2.24, 2.45) is 18.7 Å². The lowest BCUT2D eigenvalue weighted by Crippen LogP contribution is -2.24. The van der Waals surface area contributed by atoms with Crippen LogP contribution in [0.3, 0.4) is 0 Å². The van der Waals surface area contributed by atoms with Crippen LogP contribution >= 0.6 is 0 Å². The fourth-order valence-corrected chi connectivity index (χ4v) is 2.37. The number of carbonyl (C=O) groups is 1. The van der Waals surface area contributed by atoms with E-state index < -0.39 is 0 Å². The highest BCUT2D eigenvalue weighted by atomic mass is 16.1. The van der Waals surface area contributed by atoms with Gasteiger partial charge in [-0.05, 0) is 37.4 Å². The summed E-state index contributed by atoms with van der Waals surface area (Å²) in [5.41, 5.74) is 6.73. The summed E-state index contributed by atoms with van der Waals surface area (Å²) in [6, 6.07) is 4.01. The Balaban J connectivity index is 2.25. The van der Waals surface area contributed by atoms with Gasteiger partial charge in [0.2, 0.25) is 5.91 Å². The van der Waals surface area contributed by atoms with Crippen molar-refractivity contribution in [3.8, 4) is 0 Å². The molecule has 0 aromatic carbocycles. The van der Waals surface area contributed by atoms with Crippen LogP contribution in [0.5, 0.6) is 0 Å². The van der Waals surface area contributed by atoms with Crippen molar-refractivity contribution in [1.29, 1.82) is 0 Å². The molecule has 0 bridgehead atoms. The Bertz CT molecular complexity index is 367. The van der Waals surface area contributed by atoms with Gasteiger partial charge in [0.15, 0.2) is 0 Å². The molecule has 0 aliphatic carbocycles. The van der Waals surface area contributed by atoms with Gasteiger partial charge in [-0.3, -0.25) is 4.79 Å². The Morgan fingerprint density at radius 3 is 2.79 bits per heavy atom. The highest BCUT2D eigenvalue weighted by molar-refractivity contribution is 5.75. The van der Waals surface area contributed by atoms with Crippen LogP contribution in [-0.2, 0) is 18.4 Å². The molecule has 4 nitrogen and oxygen atoms in total. The summed E-state index contributed by atoms with van der Waals surface area (Å²) in [6.07, 6.45) is 6.90. The minimum absolute atomic E-state index is 0.138. The summed E-state index contributed by atoms with van der Waals surface area (Å²) in [6.45, 7) is 3.51. The number of nitrogens with zero attached hydrogens (tertiary/aromatic N) is 1. The molecule has 0 aliphatic heterocycles. The van der Waals surface area contributed by atoms with Crippen molar-refractivity contribution in [3.63, 3.8) is 0 Å². The molecular formula is C15H27N3O. The van der Waals surface area contributed by atoms with Gasteiger partial charge >= 0.3 is 0 Å². The van der Waals surface area contributed by atoms with Gasteiger partial charge in [-0.2, -0.15) is 0 Å². The topological polar surface area (TPSA) is 60.1 Å². The number of amides is 1. The number of hydrogen-bond donors (Lipinski definition) is 2. The third kappa shape index (κ3) is 5.92. The van der Waals surface area contributed by atoms with E-state index in [0.717, 1.165) is 31.5 Å². The lowest BCUT2D eigenvalue weighted by molar-refractivity contribution is -0.121. The molecule has 3 N–H and O–H groups in total. The number of nitrogens with one attached hydrogen (secondary N) is 1. The maximum atomic E-state index is 11.8. The van der Waals surface area contributed by atoms with Crippen LogP contribution in [0, 0.1) is 5.92 Å². The summed E-state index contributed by atoms with van der Waals surface area (Å²) >= 11 is 0. The van der Waals surface area contributed by atoms with E-state index in [2.05, 4.69) is 12.2 Å². The van der Waals surface area contributed by atoms with Crippen LogP contribution in [-0.4, -0.2) is 17.0 Å². The van der Waals surface area contributed by atoms with Crippen molar-refractivity contribution >= 4 is 5.91 Å². The first-order valence-electron chi connectivity index (χ1n) is 7.24. The second-order valence-electron chi connectivity index (χ2n) is 5.16. The molecule has 0 saturated heterocycles. The smallest absolute Gasteiger partial charge is 0.220 e. The molecule has 1 rings (SSSR count). The standard InChI is InChI=1S/C15H27N3O/c1-3-5-13(9-10-16)7-8-15(19)17-12-14-6-4-11-18(14)2/h4,6,11,13H,3,5,7-10,12,16H2,1-2H3,(H,17,19). The monoisotopic (exact) mass is 265 g/mol. The Morgan fingerprint density at radius 1 is 1.42 bits per heavy atom. The molecule has 1 heterocycles. The van der Waals surface area contributed by atoms with Gasteiger partial charge in [-0.1, -0.05) is 19.8 Å². The molecule has 0 aliphatic rings. The van der Waals surface area contributed by atoms with Gasteiger partial charge in [-0.15, -0.1) is 0 Å². The molecule has 19 heavy (non-hydrogen) atoms. The van der Waals surface area contributed by atoms with Crippen molar-refractivity contribution in [1.82, 2.24) is 9.88 Å². The largest absolute Gasteiger partial charge is 0.353 e. The number of aromatic nitrogens is 1. The zero-order valence-corrected chi connectivity index (χ0v) is 12.2. The van der Waals surface area contributed by atoms with E-state index in [-0.39, 0.29) is 5.91 Å². The third-order valence-corrected chi connectivity index (χ3v) is 3.57. The van der Waals surface area contributed by atoms with Gasteiger partial charge in [0.25, 0.3) is 0 Å². The van der Waals surface area contributed by atoms with Crippen molar-refractivity contribution in [2.75, 3.05) is 6.54 Å². The maximum absolute atomic E-state index is 11.8. The molecule has 0 spiro atoms. The van der Waals surface area contributed by atoms with E-state index in [4.69, 9.17) is 5.73 Å². The molecule has 0 saturated carbocycles. The lowest BCUT2D eigenvalue weighted by Gasteiger charge is -2.14. The SMILES string of the molecule is CCCC(CCN)CCC(=O)NCc1cccn1C. The van der Waals surface area contributed by atoms with E-state index in [0.29, 0.717) is 18.9 Å². The maximum Gasteiger partial charge on any atom is 0.220 e. The number of hydrogen-bond acceptors (Lipinski definition) is 2. The molecule has 1 aromatic rings. The first kappa shape index (κ1) is 15.8. The average molecular weight is 265 g/mol. The van der Waals surface area contributed by atoms with Gasteiger partial charge < -0.3 is 15.6 Å². The number of carbonyl (C=O) groups excluding carboxylic acids is 1. The highest BCUT2D eigenvalue weighted by Crippen LogP contribution is 2.16. The number of nitrogens with two attached hydrogens (primary N) is 1. The fraction of sp³-hybridized carbons (Fsp3) is 0.667. The Kier molecular flexibility index (Phi) is 7.26. The second kappa shape index (κ2) is 8.75. The van der Waals surface area contributed by atoms with Crippen LogP contribution in [0.1, 0.15) is 44.7 Å². The van der Waals surface area contributed by atoms with Gasteiger partial charge in [0.05, 0.1) is 6.54 Å². The molecule has 0 fully saturated rings. The summed E-state index contributed by atoms with van der Waals surface area (Å²) < 4.78 is 2.02. The minimum Gasteiger partial charge on any atom is -0.353 e. The molecule has 1 aromatic heterocycles. The second-order valence-corrected chi connectivity index (χ2v) is 5.16. The van der Waals surface area contributed by atoms with Crippen molar-refractivity contribution < 1.29 is 4.79 Å². The number of aryl methyl sites for hydroxylation is 1. The van der Waals surface area contributed by atoms with Crippen molar-refractivity contribution in [3.05, 3.63) is 24.0 Å². The first-order valence-corrected chi connectivity index (χ1v) is 7.24. The van der Waals surface area contributed by atoms with Crippen LogP contribution in [0.25, 0.3) is 0 Å². The van der Waals surface area contributed by atoms with Crippen LogP contribution in [0.4, 0.5) is 0 Å². The number of rotatable bonds is 9. The van der Waals surface area contributed by atoms with Crippen LogP contribution in [0.2, 0.25) is 0 Å². The van der Waals surface area contributed by atoms with E-state index in [9.17, 15) is 4.79 Å². The zero-order valence-electron chi connectivity index (χ0n) is 12.2. The van der Waals surface area contributed by atoms with E-state index in [1.54, 1.807) is 0 Å².